The molecule has 3 aromatic carbocycles. The van der Waals surface area contributed by atoms with Gasteiger partial charge in [0.1, 0.15) is 0 Å². The molecule has 6 rings (SSSR count). The maximum absolute atomic E-state index is 6.33. The molecule has 0 aromatic heterocycles. The number of benzene rings is 3. The molecular weight excluding hydrogens is 578 g/mol. The number of fused-ring (bicyclic) bond motifs is 5. The van der Waals surface area contributed by atoms with Crippen molar-refractivity contribution in [2.45, 2.75) is 11.4 Å². The van der Waals surface area contributed by atoms with Crippen molar-refractivity contribution in [2.24, 2.45) is 0 Å². The van der Waals surface area contributed by atoms with Crippen LogP contribution in [0.15, 0.2) is 72.3 Å². The van der Waals surface area contributed by atoms with E-state index in [1.165, 1.54) is 44.8 Å². The number of ether oxygens (including phenoxy) is 1. The topological polar surface area (TPSA) is 9.23 Å². The summed E-state index contributed by atoms with van der Waals surface area (Å²) < 4.78 is 8.78. The molecule has 0 bridgehead atoms. The van der Waals surface area contributed by atoms with Crippen molar-refractivity contribution in [2.75, 3.05) is 0 Å². The third kappa shape index (κ3) is 3.36. The molecule has 1 heterocycles. The minimum absolute atomic E-state index is 0. The van der Waals surface area contributed by atoms with Crippen LogP contribution in [-0.4, -0.2) is 5.01 Å². The van der Waals surface area contributed by atoms with Gasteiger partial charge < -0.3 is 24.8 Å². The standard InChI is InChI=1S/C13H9.C11H6BrO.2ClH.S.Zr/c1-3-7-12-10(5-1)9-11-6-2-4-8-13(11)12;12-10-6-8-5-7-3-1-2-4-9(7)11(8)13-10;;;;/h1-7H,9H2;1-2,4-6,10H;2*1H;;/q;;;;;+2/p-2. The van der Waals surface area contributed by atoms with Crippen LogP contribution in [-0.2, 0) is 30.9 Å². The predicted octanol–water partition coefficient (Wildman–Crippen LogP) is -2.47. The second kappa shape index (κ2) is 8.56. The molecule has 2 aliphatic carbocycles. The number of halogens is 3. The van der Waals surface area contributed by atoms with Gasteiger partial charge in [-0.15, -0.1) is 0 Å². The zero-order chi connectivity index (χ0) is 18.8. The van der Waals surface area contributed by atoms with Gasteiger partial charge in [-0.2, -0.15) is 0 Å². The Balaban J connectivity index is 0.00000109. The molecule has 0 amide bonds. The third-order valence-electron chi connectivity index (χ3n) is 5.76. The summed E-state index contributed by atoms with van der Waals surface area (Å²) in [5.41, 5.74) is 6.83. The van der Waals surface area contributed by atoms with Crippen molar-refractivity contribution >= 4 is 43.2 Å². The van der Waals surface area contributed by atoms with Crippen LogP contribution in [0.3, 0.4) is 0 Å². The molecule has 1 atom stereocenters. The Labute approximate surface area is 207 Å². The first-order chi connectivity index (χ1) is 13.7. The van der Waals surface area contributed by atoms with E-state index in [4.69, 9.17) is 13.6 Å². The van der Waals surface area contributed by atoms with E-state index >= 15 is 0 Å². The van der Waals surface area contributed by atoms with Crippen molar-refractivity contribution < 1.29 is 49.3 Å². The van der Waals surface area contributed by atoms with Crippen LogP contribution in [0.5, 0.6) is 0 Å². The fourth-order valence-corrected chi connectivity index (χ4v) is 11.4. The van der Waals surface area contributed by atoms with Crippen molar-refractivity contribution in [3.05, 3.63) is 93.9 Å². The number of hydrogen-bond donors (Lipinski definition) is 0. The molecule has 0 fully saturated rings. The Hall–Kier alpha value is -0.897. The molecule has 1 nitrogen and oxygen atoms in total. The minimum atomic E-state index is -2.48. The van der Waals surface area contributed by atoms with Gasteiger partial charge in [0.25, 0.3) is 0 Å². The summed E-state index contributed by atoms with van der Waals surface area (Å²) in [6, 6.07) is 22.1. The summed E-state index contributed by atoms with van der Waals surface area (Å²) in [7, 11) is 6.33. The summed E-state index contributed by atoms with van der Waals surface area (Å²) in [4.78, 5) is 0. The molecule has 0 spiro atoms. The summed E-state index contributed by atoms with van der Waals surface area (Å²) >= 11 is 1.05. The molecule has 3 aliphatic rings. The average molecular weight is 593 g/mol. The molecule has 0 saturated heterocycles. The van der Waals surface area contributed by atoms with E-state index in [1.807, 2.05) is 0 Å². The summed E-state index contributed by atoms with van der Waals surface area (Å²) in [5, 5.41) is 2.46. The maximum atomic E-state index is 6.33. The molecule has 0 N–H and O–H groups in total. The van der Waals surface area contributed by atoms with Crippen LogP contribution in [0.25, 0.3) is 23.0 Å². The van der Waals surface area contributed by atoms with Gasteiger partial charge in [-0.3, -0.25) is 0 Å². The van der Waals surface area contributed by atoms with Gasteiger partial charge in [-0.25, -0.2) is 0 Å². The average Bonchev–Trinajstić information content (AvgIpc) is 3.36. The van der Waals surface area contributed by atoms with Gasteiger partial charge in [0.05, 0.1) is 0 Å². The normalized spacial score (nSPS) is 16.3. The molecule has 148 valence electrons. The van der Waals surface area contributed by atoms with Crippen molar-refractivity contribution in [1.29, 1.82) is 0 Å². The van der Waals surface area contributed by atoms with Crippen LogP contribution in [0, 0.1) is 0 Å². The molecule has 6 heteroatoms. The van der Waals surface area contributed by atoms with E-state index in [0.29, 0.717) is 0 Å². The van der Waals surface area contributed by atoms with Gasteiger partial charge in [-0.05, 0) is 0 Å². The molecule has 0 radical (unpaired) electrons. The van der Waals surface area contributed by atoms with Gasteiger partial charge in [0, 0.05) is 0 Å². The number of alkyl halides is 1. The van der Waals surface area contributed by atoms with E-state index in [2.05, 4.69) is 88.7 Å². The molecular formula is C24H15BrCl2OSZr. The van der Waals surface area contributed by atoms with E-state index in [0.717, 1.165) is 12.2 Å². The Kier molecular flexibility index (Phi) is 6.37. The first kappa shape index (κ1) is 22.3. The quantitative estimate of drug-likeness (QED) is 0.239. The van der Waals surface area contributed by atoms with Crippen LogP contribution in [0.2, 0.25) is 0 Å². The monoisotopic (exact) mass is 590 g/mol. The second-order valence-corrected chi connectivity index (χ2v) is 14.9. The van der Waals surface area contributed by atoms with E-state index in [-0.39, 0.29) is 29.8 Å². The summed E-state index contributed by atoms with van der Waals surface area (Å²) in [5.74, 6) is 0.994. The fourth-order valence-electron chi connectivity index (χ4n) is 4.56. The van der Waals surface area contributed by atoms with Gasteiger partial charge in [0.2, 0.25) is 0 Å². The number of hydrogen-bond acceptors (Lipinski definition) is 2. The van der Waals surface area contributed by atoms with Crippen molar-refractivity contribution in [3.63, 3.8) is 0 Å². The second-order valence-electron chi connectivity index (χ2n) is 7.33. The fraction of sp³-hybridized carbons (Fsp3) is 0.0833. The van der Waals surface area contributed by atoms with Crippen LogP contribution >= 0.6 is 24.8 Å². The molecule has 30 heavy (non-hydrogen) atoms. The first-order valence-electron chi connectivity index (χ1n) is 9.33. The third-order valence-corrected chi connectivity index (χ3v) is 13.3. The molecule has 1 aliphatic heterocycles. The van der Waals surface area contributed by atoms with Gasteiger partial charge >= 0.3 is 184 Å². The molecule has 0 saturated carbocycles. The van der Waals surface area contributed by atoms with Crippen LogP contribution in [0.4, 0.5) is 0 Å². The predicted molar refractivity (Wildman–Crippen MR) is 117 cm³/mol. The van der Waals surface area contributed by atoms with Crippen molar-refractivity contribution in [1.82, 2.24) is 0 Å². The Morgan fingerprint density at radius 1 is 0.900 bits per heavy atom. The summed E-state index contributed by atoms with van der Waals surface area (Å²) in [6.45, 7) is 0. The van der Waals surface area contributed by atoms with Gasteiger partial charge in [0.15, 0.2) is 0 Å². The zero-order valence-corrected chi connectivity index (χ0v) is 22.0. The van der Waals surface area contributed by atoms with E-state index in [1.54, 1.807) is 0 Å². The Bertz CT molecular complexity index is 1370. The van der Waals surface area contributed by atoms with E-state index < -0.39 is 19.7 Å². The summed E-state index contributed by atoms with van der Waals surface area (Å²) in [6.07, 6.45) is 5.42. The van der Waals surface area contributed by atoms with Crippen LogP contribution < -0.4 is 41.8 Å². The number of rotatable bonds is 2. The molecule has 3 aromatic rings. The van der Waals surface area contributed by atoms with E-state index in [9.17, 15) is 0 Å². The first-order valence-corrected chi connectivity index (χ1v) is 16.1. The van der Waals surface area contributed by atoms with Gasteiger partial charge in [-0.1, -0.05) is 0 Å². The Morgan fingerprint density at radius 3 is 2.50 bits per heavy atom. The zero-order valence-electron chi connectivity index (χ0n) is 15.7. The SMILES string of the molecule is [Cl-].[Cl-].[S]=[Zr+2]([c]1cccc2c1-c1ccccc1C2)[c]1cccc2c1=CC1=CC(Br)OC=21. The van der Waals surface area contributed by atoms with Crippen LogP contribution in [0.1, 0.15) is 11.1 Å². The molecule has 1 unspecified atom stereocenters. The Morgan fingerprint density at radius 2 is 1.63 bits per heavy atom. The van der Waals surface area contributed by atoms with Crippen molar-refractivity contribution in [3.8, 4) is 11.1 Å².